The largest absolute Gasteiger partial charge is 0.361 e. The first-order valence-corrected chi connectivity index (χ1v) is 6.84. The average molecular weight is 297 g/mol. The molecule has 3 nitrogen and oxygen atoms in total. The number of rotatable bonds is 4. The smallest absolute Gasteiger partial charge is 0.243 e. The lowest BCUT2D eigenvalue weighted by molar-refractivity contribution is -0.115. The molecular weight excluding hydrogens is 280 g/mol. The second-order valence-corrected chi connectivity index (χ2v) is 5.25. The summed E-state index contributed by atoms with van der Waals surface area (Å²) in [5, 5.41) is 2.91. The lowest BCUT2D eigenvalue weighted by Crippen LogP contribution is -2.38. The van der Waals surface area contributed by atoms with Crippen molar-refractivity contribution in [2.75, 3.05) is 23.3 Å². The summed E-state index contributed by atoms with van der Waals surface area (Å²) in [5.74, 6) is 0.0760. The number of unbranched alkanes of at least 4 members (excludes halogenated alkanes) is 2. The minimum absolute atomic E-state index is 0.0760. The number of carbonyl (C=O) groups is 1. The molecule has 2 rings (SSSR count). The molecule has 0 aromatic heterocycles. The van der Waals surface area contributed by atoms with Gasteiger partial charge in [0.05, 0.1) is 17.9 Å². The van der Waals surface area contributed by atoms with Crippen molar-refractivity contribution in [1.82, 2.24) is 0 Å². The Morgan fingerprint density at radius 1 is 1.41 bits per heavy atom. The van der Waals surface area contributed by atoms with E-state index in [0.717, 1.165) is 28.8 Å². The van der Waals surface area contributed by atoms with Crippen molar-refractivity contribution in [3.8, 4) is 0 Å². The van der Waals surface area contributed by atoms with E-state index in [0.29, 0.717) is 6.54 Å². The third-order valence-electron chi connectivity index (χ3n) is 2.94. The van der Waals surface area contributed by atoms with Gasteiger partial charge >= 0.3 is 0 Å². The zero-order chi connectivity index (χ0) is 12.3. The quantitative estimate of drug-likeness (QED) is 0.864. The summed E-state index contributed by atoms with van der Waals surface area (Å²) in [7, 11) is 0. The summed E-state index contributed by atoms with van der Waals surface area (Å²) in [6.07, 6.45) is 3.55. The number of anilines is 2. The van der Waals surface area contributed by atoms with Crippen molar-refractivity contribution in [3.63, 3.8) is 0 Å². The molecule has 0 spiro atoms. The Morgan fingerprint density at radius 3 is 3.00 bits per heavy atom. The van der Waals surface area contributed by atoms with E-state index in [4.69, 9.17) is 0 Å². The first-order valence-electron chi connectivity index (χ1n) is 6.05. The third-order valence-corrected chi connectivity index (χ3v) is 3.43. The number of fused-ring (bicyclic) bond motifs is 1. The molecule has 1 N–H and O–H groups in total. The van der Waals surface area contributed by atoms with Gasteiger partial charge in [0.15, 0.2) is 0 Å². The van der Waals surface area contributed by atoms with E-state index < -0.39 is 0 Å². The molecule has 0 saturated heterocycles. The molecule has 1 aromatic carbocycles. The highest BCUT2D eigenvalue weighted by atomic mass is 79.9. The topological polar surface area (TPSA) is 32.3 Å². The predicted molar refractivity (Wildman–Crippen MR) is 74.5 cm³/mol. The van der Waals surface area contributed by atoms with Crippen LogP contribution in [0.25, 0.3) is 0 Å². The van der Waals surface area contributed by atoms with E-state index in [2.05, 4.69) is 39.1 Å². The van der Waals surface area contributed by atoms with Gasteiger partial charge in [0.2, 0.25) is 5.91 Å². The fourth-order valence-corrected chi connectivity index (χ4v) is 2.45. The molecule has 1 heterocycles. The Kier molecular flexibility index (Phi) is 4.05. The lowest BCUT2D eigenvalue weighted by Gasteiger charge is -2.31. The van der Waals surface area contributed by atoms with Crippen molar-refractivity contribution < 1.29 is 4.79 Å². The summed E-state index contributed by atoms with van der Waals surface area (Å²) in [6, 6.07) is 6.03. The van der Waals surface area contributed by atoms with Crippen LogP contribution in [-0.2, 0) is 4.79 Å². The number of nitrogens with one attached hydrogen (secondary N) is 1. The van der Waals surface area contributed by atoms with Crippen LogP contribution < -0.4 is 10.2 Å². The van der Waals surface area contributed by atoms with Crippen LogP contribution in [0.1, 0.15) is 26.2 Å². The maximum atomic E-state index is 11.6. The standard InChI is InChI=1S/C13H17BrN2O/c1-2-3-4-7-16-9-13(17)15-11-8-10(14)5-6-12(11)16/h5-6,8H,2-4,7,9H2,1H3,(H,15,17). The van der Waals surface area contributed by atoms with Crippen LogP contribution in [0.2, 0.25) is 0 Å². The highest BCUT2D eigenvalue weighted by Gasteiger charge is 2.21. The number of benzene rings is 1. The minimum atomic E-state index is 0.0760. The number of carbonyl (C=O) groups excluding carboxylic acids is 1. The van der Waals surface area contributed by atoms with E-state index in [-0.39, 0.29) is 5.91 Å². The first-order chi connectivity index (χ1) is 8.20. The van der Waals surface area contributed by atoms with Crippen LogP contribution in [0.4, 0.5) is 11.4 Å². The summed E-state index contributed by atoms with van der Waals surface area (Å²) in [6.45, 7) is 3.61. The Bertz CT molecular complexity index is 420. The molecule has 17 heavy (non-hydrogen) atoms. The van der Waals surface area contributed by atoms with Crippen LogP contribution in [-0.4, -0.2) is 19.0 Å². The maximum Gasteiger partial charge on any atom is 0.243 e. The van der Waals surface area contributed by atoms with Gasteiger partial charge in [-0.3, -0.25) is 4.79 Å². The molecule has 0 saturated carbocycles. The van der Waals surface area contributed by atoms with Crippen molar-refractivity contribution in [2.24, 2.45) is 0 Å². The monoisotopic (exact) mass is 296 g/mol. The van der Waals surface area contributed by atoms with Gasteiger partial charge in [-0.05, 0) is 24.6 Å². The van der Waals surface area contributed by atoms with Gasteiger partial charge in [-0.15, -0.1) is 0 Å². The van der Waals surface area contributed by atoms with Gasteiger partial charge in [-0.1, -0.05) is 35.7 Å². The van der Waals surface area contributed by atoms with Crippen LogP contribution in [0, 0.1) is 0 Å². The number of nitrogens with zero attached hydrogens (tertiary/aromatic N) is 1. The Labute approximate surface area is 110 Å². The highest BCUT2D eigenvalue weighted by molar-refractivity contribution is 9.10. The SMILES string of the molecule is CCCCCN1CC(=O)Nc2cc(Br)ccc21. The number of amides is 1. The molecule has 0 fully saturated rings. The van der Waals surface area contributed by atoms with Gasteiger partial charge < -0.3 is 10.2 Å². The van der Waals surface area contributed by atoms with Gasteiger partial charge in [-0.25, -0.2) is 0 Å². The Morgan fingerprint density at radius 2 is 2.24 bits per heavy atom. The number of halogens is 1. The number of hydrogen-bond acceptors (Lipinski definition) is 2. The summed E-state index contributed by atoms with van der Waals surface area (Å²) in [5.41, 5.74) is 2.04. The van der Waals surface area contributed by atoms with Gasteiger partial charge in [0.1, 0.15) is 0 Å². The van der Waals surface area contributed by atoms with Gasteiger partial charge in [0.25, 0.3) is 0 Å². The van der Waals surface area contributed by atoms with Gasteiger partial charge in [-0.2, -0.15) is 0 Å². The minimum Gasteiger partial charge on any atom is -0.361 e. The molecule has 1 aromatic rings. The summed E-state index contributed by atoms with van der Waals surface area (Å²) < 4.78 is 0.993. The second kappa shape index (κ2) is 5.54. The van der Waals surface area contributed by atoms with E-state index in [1.54, 1.807) is 0 Å². The van der Waals surface area contributed by atoms with Crippen LogP contribution in [0.5, 0.6) is 0 Å². The van der Waals surface area contributed by atoms with Crippen LogP contribution >= 0.6 is 15.9 Å². The predicted octanol–water partition coefficient (Wildman–Crippen LogP) is 3.40. The molecule has 0 atom stereocenters. The van der Waals surface area contributed by atoms with E-state index in [1.165, 1.54) is 12.8 Å². The number of hydrogen-bond donors (Lipinski definition) is 1. The Hall–Kier alpha value is -1.03. The summed E-state index contributed by atoms with van der Waals surface area (Å²) >= 11 is 3.42. The van der Waals surface area contributed by atoms with Crippen molar-refractivity contribution in [1.29, 1.82) is 0 Å². The normalized spacial score (nSPS) is 14.5. The molecule has 1 aliphatic heterocycles. The van der Waals surface area contributed by atoms with Crippen LogP contribution in [0.15, 0.2) is 22.7 Å². The van der Waals surface area contributed by atoms with Crippen LogP contribution in [0.3, 0.4) is 0 Å². The molecule has 1 amide bonds. The zero-order valence-electron chi connectivity index (χ0n) is 10.0. The molecule has 1 aliphatic rings. The second-order valence-electron chi connectivity index (χ2n) is 4.34. The molecule has 92 valence electrons. The van der Waals surface area contributed by atoms with Crippen molar-refractivity contribution >= 4 is 33.2 Å². The molecule has 0 bridgehead atoms. The van der Waals surface area contributed by atoms with E-state index >= 15 is 0 Å². The fraction of sp³-hybridized carbons (Fsp3) is 0.462. The van der Waals surface area contributed by atoms with E-state index in [9.17, 15) is 4.79 Å². The van der Waals surface area contributed by atoms with E-state index in [1.807, 2.05) is 12.1 Å². The lowest BCUT2D eigenvalue weighted by atomic mass is 10.1. The molecule has 0 aliphatic carbocycles. The summed E-state index contributed by atoms with van der Waals surface area (Å²) in [4.78, 5) is 13.8. The highest BCUT2D eigenvalue weighted by Crippen LogP contribution is 2.32. The molecule has 4 heteroatoms. The van der Waals surface area contributed by atoms with Crippen molar-refractivity contribution in [3.05, 3.63) is 22.7 Å². The molecule has 0 radical (unpaired) electrons. The average Bonchev–Trinajstić information content (AvgIpc) is 2.28. The zero-order valence-corrected chi connectivity index (χ0v) is 11.6. The Balaban J connectivity index is 2.16. The first kappa shape index (κ1) is 12.4. The molecule has 0 unspecified atom stereocenters. The fourth-order valence-electron chi connectivity index (χ4n) is 2.08. The molecular formula is C13H17BrN2O. The van der Waals surface area contributed by atoms with Crippen molar-refractivity contribution in [2.45, 2.75) is 26.2 Å². The maximum absolute atomic E-state index is 11.6. The third kappa shape index (κ3) is 3.00. The van der Waals surface area contributed by atoms with Gasteiger partial charge in [0, 0.05) is 11.0 Å².